The van der Waals surface area contributed by atoms with Crippen LogP contribution in [0.25, 0.3) is 0 Å². The molecule has 1 fully saturated rings. The van der Waals surface area contributed by atoms with Crippen molar-refractivity contribution in [3.05, 3.63) is 16.4 Å². The van der Waals surface area contributed by atoms with E-state index < -0.39 is 5.76 Å². The second-order valence-corrected chi connectivity index (χ2v) is 3.87. The van der Waals surface area contributed by atoms with Crippen molar-refractivity contribution in [2.75, 3.05) is 13.7 Å². The molecule has 2 rings (SSSR count). The lowest BCUT2D eigenvalue weighted by atomic mass is 10.1. The second kappa shape index (κ2) is 5.27. The highest BCUT2D eigenvalue weighted by molar-refractivity contribution is 4.73. The van der Waals surface area contributed by atoms with Crippen molar-refractivity contribution >= 4 is 0 Å². The van der Waals surface area contributed by atoms with Crippen LogP contribution in [0, 0.1) is 0 Å². The molecule has 16 heavy (non-hydrogen) atoms. The number of rotatable bonds is 4. The highest BCUT2D eigenvalue weighted by atomic mass is 16.5. The van der Waals surface area contributed by atoms with Crippen molar-refractivity contribution in [3.63, 3.8) is 0 Å². The molecule has 0 saturated carbocycles. The highest BCUT2D eigenvalue weighted by Crippen LogP contribution is 2.13. The summed E-state index contributed by atoms with van der Waals surface area (Å²) in [7, 11) is 1.53. The number of ether oxygens (including phenoxy) is 2. The predicted molar refractivity (Wildman–Crippen MR) is 55.1 cm³/mol. The van der Waals surface area contributed by atoms with Crippen LogP contribution in [-0.2, 0) is 22.6 Å². The van der Waals surface area contributed by atoms with Crippen LogP contribution in [0.2, 0.25) is 0 Å². The average molecular weight is 228 g/mol. The van der Waals surface area contributed by atoms with E-state index in [1.807, 2.05) is 0 Å². The van der Waals surface area contributed by atoms with Crippen molar-refractivity contribution in [1.29, 1.82) is 0 Å². The van der Waals surface area contributed by atoms with Gasteiger partial charge in [0.15, 0.2) is 0 Å². The van der Waals surface area contributed by atoms with E-state index in [-0.39, 0.29) is 12.7 Å². The third kappa shape index (κ3) is 2.70. The first kappa shape index (κ1) is 11.3. The molecular formula is C10H16N2O4. The van der Waals surface area contributed by atoms with Gasteiger partial charge in [-0.15, -0.1) is 5.10 Å². The summed E-state index contributed by atoms with van der Waals surface area (Å²) in [4.78, 5) is 11.4. The number of nitrogens with zero attached hydrogens (tertiary/aromatic N) is 2. The third-order valence-corrected chi connectivity index (χ3v) is 2.57. The summed E-state index contributed by atoms with van der Waals surface area (Å²) in [5.41, 5.74) is 0. The zero-order valence-corrected chi connectivity index (χ0v) is 9.35. The molecule has 0 aromatic carbocycles. The molecule has 6 nitrogen and oxygen atoms in total. The molecule has 90 valence electrons. The number of aromatic nitrogens is 2. The molecule has 1 atom stereocenters. The SMILES string of the molecule is COCc1nn(CC2CCCCO2)c(=O)o1. The number of hydrogen-bond acceptors (Lipinski definition) is 5. The molecule has 0 radical (unpaired) electrons. The van der Waals surface area contributed by atoms with Crippen LogP contribution in [0.3, 0.4) is 0 Å². The molecule has 1 aromatic heterocycles. The first-order valence-electron chi connectivity index (χ1n) is 5.47. The fourth-order valence-corrected chi connectivity index (χ4v) is 1.79. The molecule has 6 heteroatoms. The summed E-state index contributed by atoms with van der Waals surface area (Å²) in [5.74, 6) is -0.135. The van der Waals surface area contributed by atoms with Crippen LogP contribution in [0.4, 0.5) is 0 Å². The summed E-state index contributed by atoms with van der Waals surface area (Å²) in [6, 6.07) is 0. The van der Waals surface area contributed by atoms with E-state index in [0.29, 0.717) is 12.4 Å². The summed E-state index contributed by atoms with van der Waals surface area (Å²) in [6.45, 7) is 1.45. The van der Waals surface area contributed by atoms with E-state index in [4.69, 9.17) is 13.9 Å². The zero-order chi connectivity index (χ0) is 11.4. The van der Waals surface area contributed by atoms with Gasteiger partial charge in [-0.25, -0.2) is 4.79 Å². The molecule has 0 aliphatic carbocycles. The molecule has 0 bridgehead atoms. The molecule has 1 saturated heterocycles. The zero-order valence-electron chi connectivity index (χ0n) is 9.35. The number of hydrogen-bond donors (Lipinski definition) is 0. The van der Waals surface area contributed by atoms with Crippen molar-refractivity contribution < 1.29 is 13.9 Å². The lowest BCUT2D eigenvalue weighted by Crippen LogP contribution is -2.29. The van der Waals surface area contributed by atoms with Crippen molar-refractivity contribution in [2.24, 2.45) is 0 Å². The highest BCUT2D eigenvalue weighted by Gasteiger charge is 2.17. The Labute approximate surface area is 93.1 Å². The van der Waals surface area contributed by atoms with Crippen LogP contribution in [0.15, 0.2) is 9.21 Å². The quantitative estimate of drug-likeness (QED) is 0.753. The van der Waals surface area contributed by atoms with Crippen LogP contribution >= 0.6 is 0 Å². The van der Waals surface area contributed by atoms with E-state index in [2.05, 4.69) is 5.10 Å². The van der Waals surface area contributed by atoms with E-state index >= 15 is 0 Å². The van der Waals surface area contributed by atoms with Crippen LogP contribution in [0.1, 0.15) is 25.2 Å². The Morgan fingerprint density at radius 2 is 2.44 bits per heavy atom. The standard InChI is InChI=1S/C10H16N2O4/c1-14-7-9-11-12(10(13)16-9)6-8-4-2-3-5-15-8/h8H,2-7H2,1H3. The Bertz CT molecular complexity index is 378. The molecule has 2 heterocycles. The van der Waals surface area contributed by atoms with Crippen LogP contribution < -0.4 is 5.76 Å². The van der Waals surface area contributed by atoms with Gasteiger partial charge in [-0.3, -0.25) is 0 Å². The first-order chi connectivity index (χ1) is 7.79. The fourth-order valence-electron chi connectivity index (χ4n) is 1.79. The fraction of sp³-hybridized carbons (Fsp3) is 0.800. The van der Waals surface area contributed by atoms with Gasteiger partial charge >= 0.3 is 5.76 Å². The Hall–Kier alpha value is -1.14. The molecule has 1 aromatic rings. The Morgan fingerprint density at radius 3 is 3.12 bits per heavy atom. The van der Waals surface area contributed by atoms with Crippen LogP contribution in [-0.4, -0.2) is 29.6 Å². The molecule has 1 aliphatic heterocycles. The van der Waals surface area contributed by atoms with Gasteiger partial charge in [0.25, 0.3) is 0 Å². The first-order valence-corrected chi connectivity index (χ1v) is 5.47. The molecule has 0 spiro atoms. The summed E-state index contributed by atoms with van der Waals surface area (Å²) in [5, 5.41) is 4.03. The van der Waals surface area contributed by atoms with E-state index in [9.17, 15) is 4.79 Å². The minimum atomic E-state index is -0.443. The summed E-state index contributed by atoms with van der Waals surface area (Å²) in [6.07, 6.45) is 3.28. The van der Waals surface area contributed by atoms with E-state index in [1.54, 1.807) is 0 Å². The smallest absolute Gasteiger partial charge is 0.390 e. The third-order valence-electron chi connectivity index (χ3n) is 2.57. The molecule has 1 unspecified atom stereocenters. The predicted octanol–water partition coefficient (Wildman–Crippen LogP) is 0.552. The Morgan fingerprint density at radius 1 is 1.56 bits per heavy atom. The van der Waals surface area contributed by atoms with Gasteiger partial charge in [-0.05, 0) is 19.3 Å². The van der Waals surface area contributed by atoms with Crippen molar-refractivity contribution in [3.8, 4) is 0 Å². The normalized spacial score (nSPS) is 21.2. The second-order valence-electron chi connectivity index (χ2n) is 3.87. The van der Waals surface area contributed by atoms with E-state index in [1.165, 1.54) is 11.8 Å². The van der Waals surface area contributed by atoms with Gasteiger partial charge in [0, 0.05) is 13.7 Å². The lowest BCUT2D eigenvalue weighted by Gasteiger charge is -2.21. The van der Waals surface area contributed by atoms with Crippen molar-refractivity contribution in [1.82, 2.24) is 9.78 Å². The Kier molecular flexibility index (Phi) is 3.74. The van der Waals surface area contributed by atoms with Crippen molar-refractivity contribution in [2.45, 2.75) is 38.5 Å². The van der Waals surface area contributed by atoms with Gasteiger partial charge in [-0.2, -0.15) is 4.68 Å². The number of methoxy groups -OCH3 is 1. The largest absolute Gasteiger partial charge is 0.437 e. The van der Waals surface area contributed by atoms with Gasteiger partial charge in [0.05, 0.1) is 12.6 Å². The van der Waals surface area contributed by atoms with E-state index in [0.717, 1.165) is 25.9 Å². The minimum Gasteiger partial charge on any atom is -0.390 e. The van der Waals surface area contributed by atoms with Gasteiger partial charge in [0.2, 0.25) is 5.89 Å². The van der Waals surface area contributed by atoms with Gasteiger partial charge in [-0.1, -0.05) is 0 Å². The van der Waals surface area contributed by atoms with Gasteiger partial charge in [0.1, 0.15) is 6.61 Å². The van der Waals surface area contributed by atoms with Crippen LogP contribution in [0.5, 0.6) is 0 Å². The lowest BCUT2D eigenvalue weighted by molar-refractivity contribution is 0.00291. The molecule has 1 aliphatic rings. The molecular weight excluding hydrogens is 212 g/mol. The maximum absolute atomic E-state index is 11.4. The molecule has 0 amide bonds. The molecule has 0 N–H and O–H groups in total. The summed E-state index contributed by atoms with van der Waals surface area (Å²) < 4.78 is 16.6. The minimum absolute atomic E-state index is 0.0759. The monoisotopic (exact) mass is 228 g/mol. The Balaban J connectivity index is 1.99. The maximum Gasteiger partial charge on any atom is 0.437 e. The van der Waals surface area contributed by atoms with Gasteiger partial charge < -0.3 is 13.9 Å². The average Bonchev–Trinajstić information content (AvgIpc) is 2.61. The summed E-state index contributed by atoms with van der Waals surface area (Å²) >= 11 is 0. The topological polar surface area (TPSA) is 66.5 Å². The maximum atomic E-state index is 11.4.